The number of hydrogen-bond acceptors (Lipinski definition) is 4. The molecule has 0 spiro atoms. The Kier molecular flexibility index (Phi) is 4.10. The van der Waals surface area contributed by atoms with Crippen molar-refractivity contribution in [2.75, 3.05) is 31.9 Å². The maximum absolute atomic E-state index is 11.8. The molecule has 2 aliphatic rings. The average molecular weight is 260 g/mol. The summed E-state index contributed by atoms with van der Waals surface area (Å²) in [6, 6.07) is 0.575. The first-order chi connectivity index (χ1) is 8.00. The molecular formula is C12H24N2O2S. The molecule has 2 unspecified atom stereocenters. The van der Waals surface area contributed by atoms with Gasteiger partial charge in [-0.1, -0.05) is 0 Å². The van der Waals surface area contributed by atoms with Crippen LogP contribution in [0.2, 0.25) is 0 Å². The summed E-state index contributed by atoms with van der Waals surface area (Å²) in [5.74, 6) is 1.05. The van der Waals surface area contributed by atoms with Gasteiger partial charge in [0, 0.05) is 19.1 Å². The average Bonchev–Trinajstić information content (AvgIpc) is 2.74. The van der Waals surface area contributed by atoms with Crippen molar-refractivity contribution in [2.45, 2.75) is 38.0 Å². The highest BCUT2D eigenvalue weighted by Crippen LogP contribution is 2.26. The zero-order valence-corrected chi connectivity index (χ0v) is 11.7. The summed E-state index contributed by atoms with van der Waals surface area (Å²) in [5.41, 5.74) is 0. The maximum Gasteiger partial charge on any atom is 0.153 e. The van der Waals surface area contributed by atoms with Crippen molar-refractivity contribution >= 4 is 9.84 Å². The molecular weight excluding hydrogens is 236 g/mol. The summed E-state index contributed by atoms with van der Waals surface area (Å²) in [6.45, 7) is 7.46. The zero-order valence-electron chi connectivity index (χ0n) is 10.9. The Hall–Kier alpha value is -0.130. The van der Waals surface area contributed by atoms with Gasteiger partial charge in [0.1, 0.15) is 0 Å². The highest BCUT2D eigenvalue weighted by Gasteiger charge is 2.35. The molecule has 5 heteroatoms. The van der Waals surface area contributed by atoms with Crippen molar-refractivity contribution in [1.82, 2.24) is 10.2 Å². The third kappa shape index (κ3) is 3.01. The topological polar surface area (TPSA) is 49.4 Å². The lowest BCUT2D eigenvalue weighted by Gasteiger charge is -2.37. The molecule has 17 heavy (non-hydrogen) atoms. The molecule has 0 radical (unpaired) electrons. The zero-order chi connectivity index (χ0) is 12.5. The monoisotopic (exact) mass is 260 g/mol. The Morgan fingerprint density at radius 2 is 2.12 bits per heavy atom. The molecule has 0 aliphatic carbocycles. The minimum absolute atomic E-state index is 0.246. The Bertz CT molecular complexity index is 354. The molecule has 100 valence electrons. The quantitative estimate of drug-likeness (QED) is 0.799. The van der Waals surface area contributed by atoms with Crippen LogP contribution in [0.5, 0.6) is 0 Å². The van der Waals surface area contributed by atoms with E-state index < -0.39 is 9.84 Å². The van der Waals surface area contributed by atoms with Gasteiger partial charge < -0.3 is 5.32 Å². The third-order valence-electron chi connectivity index (χ3n) is 4.17. The number of sulfone groups is 1. The van der Waals surface area contributed by atoms with E-state index in [2.05, 4.69) is 10.2 Å². The molecule has 0 amide bonds. The van der Waals surface area contributed by atoms with Gasteiger partial charge in [0.15, 0.2) is 9.84 Å². The summed E-state index contributed by atoms with van der Waals surface area (Å²) >= 11 is 0. The van der Waals surface area contributed by atoms with Crippen molar-refractivity contribution in [3.63, 3.8) is 0 Å². The standard InChI is InChI=1S/C12H24N2O2S/c1-10(2)17(15,16)7-6-14-5-3-4-11-8-13-9-12(11)14/h10-13H,3-9H2,1-2H3. The maximum atomic E-state index is 11.8. The second-order valence-electron chi connectivity index (χ2n) is 5.58. The van der Waals surface area contributed by atoms with E-state index in [9.17, 15) is 8.42 Å². The Balaban J connectivity index is 1.90. The normalized spacial score (nSPS) is 30.8. The number of nitrogens with zero attached hydrogens (tertiary/aromatic N) is 1. The lowest BCUT2D eigenvalue weighted by molar-refractivity contribution is 0.133. The summed E-state index contributed by atoms with van der Waals surface area (Å²) in [6.07, 6.45) is 2.51. The molecule has 2 aliphatic heterocycles. The van der Waals surface area contributed by atoms with Crippen LogP contribution in [-0.4, -0.2) is 56.5 Å². The van der Waals surface area contributed by atoms with Crippen molar-refractivity contribution in [1.29, 1.82) is 0 Å². The lowest BCUT2D eigenvalue weighted by Crippen LogP contribution is -2.47. The largest absolute Gasteiger partial charge is 0.315 e. The summed E-state index contributed by atoms with van der Waals surface area (Å²) < 4.78 is 23.6. The smallest absolute Gasteiger partial charge is 0.153 e. The summed E-state index contributed by atoms with van der Waals surface area (Å²) in [7, 11) is -2.89. The SMILES string of the molecule is CC(C)S(=O)(=O)CCN1CCCC2CNCC21. The van der Waals surface area contributed by atoms with Gasteiger partial charge in [0.25, 0.3) is 0 Å². The van der Waals surface area contributed by atoms with Crippen LogP contribution >= 0.6 is 0 Å². The van der Waals surface area contributed by atoms with Crippen LogP contribution in [0.15, 0.2) is 0 Å². The van der Waals surface area contributed by atoms with E-state index in [1.807, 2.05) is 0 Å². The first kappa shape index (κ1) is 13.3. The molecule has 0 aromatic carbocycles. The van der Waals surface area contributed by atoms with Gasteiger partial charge >= 0.3 is 0 Å². The van der Waals surface area contributed by atoms with Crippen LogP contribution in [0.25, 0.3) is 0 Å². The fourth-order valence-corrected chi connectivity index (χ4v) is 3.88. The number of nitrogens with one attached hydrogen (secondary N) is 1. The summed E-state index contributed by atoms with van der Waals surface area (Å²) in [5, 5.41) is 3.18. The second kappa shape index (κ2) is 5.24. The van der Waals surface area contributed by atoms with Crippen molar-refractivity contribution in [3.8, 4) is 0 Å². The molecule has 0 aromatic heterocycles. The Morgan fingerprint density at radius 3 is 2.82 bits per heavy atom. The number of hydrogen-bond donors (Lipinski definition) is 1. The number of likely N-dealkylation sites (tertiary alicyclic amines) is 1. The lowest BCUT2D eigenvalue weighted by atomic mass is 9.92. The van der Waals surface area contributed by atoms with Gasteiger partial charge in [-0.15, -0.1) is 0 Å². The van der Waals surface area contributed by atoms with Crippen molar-refractivity contribution in [2.24, 2.45) is 5.92 Å². The molecule has 4 nitrogen and oxygen atoms in total. The first-order valence-corrected chi connectivity index (χ1v) is 8.38. The van der Waals surface area contributed by atoms with Crippen LogP contribution in [-0.2, 0) is 9.84 Å². The summed E-state index contributed by atoms with van der Waals surface area (Å²) in [4.78, 5) is 2.38. The Labute approximate surface area is 105 Å². The van der Waals surface area contributed by atoms with Gasteiger partial charge in [-0.25, -0.2) is 8.42 Å². The highest BCUT2D eigenvalue weighted by molar-refractivity contribution is 7.92. The number of piperidine rings is 1. The van der Waals surface area contributed by atoms with Crippen LogP contribution in [0.4, 0.5) is 0 Å². The van der Waals surface area contributed by atoms with E-state index in [-0.39, 0.29) is 5.25 Å². The minimum atomic E-state index is -2.89. The van der Waals surface area contributed by atoms with E-state index in [0.29, 0.717) is 18.3 Å². The molecule has 0 bridgehead atoms. The second-order valence-corrected chi connectivity index (χ2v) is 8.26. The fraction of sp³-hybridized carbons (Fsp3) is 1.00. The van der Waals surface area contributed by atoms with Gasteiger partial charge in [-0.3, -0.25) is 4.90 Å². The molecule has 2 fully saturated rings. The first-order valence-electron chi connectivity index (χ1n) is 6.67. The number of fused-ring (bicyclic) bond motifs is 1. The van der Waals surface area contributed by atoms with Gasteiger partial charge in [-0.2, -0.15) is 0 Å². The van der Waals surface area contributed by atoms with E-state index in [4.69, 9.17) is 0 Å². The molecule has 0 saturated carbocycles. The van der Waals surface area contributed by atoms with Gasteiger partial charge in [0.05, 0.1) is 11.0 Å². The molecule has 2 heterocycles. The molecule has 1 N–H and O–H groups in total. The van der Waals surface area contributed by atoms with E-state index in [0.717, 1.165) is 25.6 Å². The third-order valence-corrected chi connectivity index (χ3v) is 6.36. The van der Waals surface area contributed by atoms with Crippen LogP contribution in [0, 0.1) is 5.92 Å². The van der Waals surface area contributed by atoms with Gasteiger partial charge in [-0.05, 0) is 45.7 Å². The molecule has 2 rings (SSSR count). The predicted octanol–water partition coefficient (Wildman–Crippen LogP) is 0.493. The minimum Gasteiger partial charge on any atom is -0.315 e. The van der Waals surface area contributed by atoms with Gasteiger partial charge in [0.2, 0.25) is 0 Å². The highest BCUT2D eigenvalue weighted by atomic mass is 32.2. The van der Waals surface area contributed by atoms with E-state index >= 15 is 0 Å². The van der Waals surface area contributed by atoms with E-state index in [1.165, 1.54) is 12.8 Å². The molecule has 2 atom stereocenters. The van der Waals surface area contributed by atoms with Crippen LogP contribution in [0.3, 0.4) is 0 Å². The van der Waals surface area contributed by atoms with Crippen molar-refractivity contribution < 1.29 is 8.42 Å². The molecule has 0 aromatic rings. The predicted molar refractivity (Wildman–Crippen MR) is 69.9 cm³/mol. The van der Waals surface area contributed by atoms with E-state index in [1.54, 1.807) is 13.8 Å². The Morgan fingerprint density at radius 1 is 1.35 bits per heavy atom. The fourth-order valence-electron chi connectivity index (χ4n) is 2.92. The van der Waals surface area contributed by atoms with Crippen LogP contribution in [0.1, 0.15) is 26.7 Å². The number of rotatable bonds is 4. The molecule has 2 saturated heterocycles. The van der Waals surface area contributed by atoms with Crippen molar-refractivity contribution in [3.05, 3.63) is 0 Å². The van der Waals surface area contributed by atoms with Crippen LogP contribution < -0.4 is 5.32 Å².